The molecule has 0 aliphatic carbocycles. The maximum Gasteiger partial charge on any atom is 0.198 e. The number of rotatable bonds is 3. The number of nitrogens with zero attached hydrogens (tertiary/aromatic N) is 1. The minimum absolute atomic E-state index is 0.242. The van der Waals surface area contributed by atoms with Gasteiger partial charge in [0.05, 0.1) is 5.69 Å². The number of hydrogen-bond donors (Lipinski definition) is 1. The summed E-state index contributed by atoms with van der Waals surface area (Å²) in [6.45, 7) is 3.67. The Bertz CT molecular complexity index is 289. The SMILES string of the molecule is CC(=O)CCc1[nH][n+](C)cc1C. The molecule has 0 aliphatic rings. The van der Waals surface area contributed by atoms with Crippen molar-refractivity contribution in [3.63, 3.8) is 0 Å². The van der Waals surface area contributed by atoms with Crippen LogP contribution in [-0.2, 0) is 18.3 Å². The summed E-state index contributed by atoms with van der Waals surface area (Å²) in [6.07, 6.45) is 3.47. The van der Waals surface area contributed by atoms with Crippen molar-refractivity contribution in [2.24, 2.45) is 7.05 Å². The van der Waals surface area contributed by atoms with Crippen molar-refractivity contribution in [2.75, 3.05) is 0 Å². The predicted molar refractivity (Wildman–Crippen MR) is 45.7 cm³/mol. The van der Waals surface area contributed by atoms with E-state index in [0.717, 1.165) is 12.1 Å². The van der Waals surface area contributed by atoms with Crippen LogP contribution in [0.3, 0.4) is 0 Å². The minimum atomic E-state index is 0.242. The number of Topliss-reactive ketones (excluding diaryl/α,β-unsaturated/α-hetero) is 1. The molecule has 66 valence electrons. The molecular formula is C9H15N2O+. The Morgan fingerprint density at radius 1 is 1.67 bits per heavy atom. The Balaban J connectivity index is 2.62. The monoisotopic (exact) mass is 167 g/mol. The first-order chi connectivity index (χ1) is 5.59. The molecule has 1 aromatic rings. The fraction of sp³-hybridized carbons (Fsp3) is 0.556. The van der Waals surface area contributed by atoms with Crippen molar-refractivity contribution >= 4 is 5.78 Å². The quantitative estimate of drug-likeness (QED) is 0.660. The maximum atomic E-state index is 10.7. The molecule has 0 unspecified atom stereocenters. The van der Waals surface area contributed by atoms with Gasteiger partial charge in [0.15, 0.2) is 13.2 Å². The van der Waals surface area contributed by atoms with E-state index in [1.807, 2.05) is 24.9 Å². The predicted octanol–water partition coefficient (Wildman–Crippen LogP) is 0.669. The number of hydrogen-bond acceptors (Lipinski definition) is 1. The summed E-state index contributed by atoms with van der Waals surface area (Å²) in [4.78, 5) is 10.7. The van der Waals surface area contributed by atoms with Crippen LogP contribution in [0.5, 0.6) is 0 Å². The molecule has 0 spiro atoms. The Labute approximate surface area is 72.4 Å². The molecule has 3 heteroatoms. The summed E-state index contributed by atoms with van der Waals surface area (Å²) in [5.74, 6) is 0.242. The highest BCUT2D eigenvalue weighted by molar-refractivity contribution is 5.75. The van der Waals surface area contributed by atoms with Crippen molar-refractivity contribution in [3.8, 4) is 0 Å². The van der Waals surface area contributed by atoms with Crippen molar-refractivity contribution in [2.45, 2.75) is 26.7 Å². The molecule has 0 atom stereocenters. The molecule has 1 N–H and O–H groups in total. The Hall–Kier alpha value is -1.12. The van der Waals surface area contributed by atoms with Gasteiger partial charge < -0.3 is 4.79 Å². The number of nitrogens with one attached hydrogen (secondary N) is 1. The molecule has 1 heterocycles. The number of carbonyl (C=O) groups is 1. The highest BCUT2D eigenvalue weighted by atomic mass is 16.1. The minimum Gasteiger partial charge on any atom is -0.300 e. The van der Waals surface area contributed by atoms with Crippen LogP contribution >= 0.6 is 0 Å². The lowest BCUT2D eigenvalue weighted by Crippen LogP contribution is -2.28. The zero-order valence-electron chi connectivity index (χ0n) is 7.85. The number of aromatic amines is 1. The highest BCUT2D eigenvalue weighted by Gasteiger charge is 2.07. The van der Waals surface area contributed by atoms with E-state index in [4.69, 9.17) is 0 Å². The number of H-pyrrole nitrogens is 1. The molecule has 0 amide bonds. The lowest BCUT2D eigenvalue weighted by molar-refractivity contribution is -0.727. The summed E-state index contributed by atoms with van der Waals surface area (Å²) >= 11 is 0. The van der Waals surface area contributed by atoms with Crippen molar-refractivity contribution < 1.29 is 9.48 Å². The first-order valence-electron chi connectivity index (χ1n) is 4.13. The van der Waals surface area contributed by atoms with Crippen LogP contribution in [0, 0.1) is 6.92 Å². The molecule has 12 heavy (non-hydrogen) atoms. The summed E-state index contributed by atoms with van der Waals surface area (Å²) in [5.41, 5.74) is 2.38. The molecule has 0 bridgehead atoms. The average Bonchev–Trinajstić information content (AvgIpc) is 2.26. The fourth-order valence-corrected chi connectivity index (χ4v) is 1.26. The van der Waals surface area contributed by atoms with Crippen LogP contribution in [0.15, 0.2) is 6.20 Å². The van der Waals surface area contributed by atoms with E-state index < -0.39 is 0 Å². The Morgan fingerprint density at radius 2 is 2.33 bits per heavy atom. The van der Waals surface area contributed by atoms with Gasteiger partial charge in [-0.25, -0.2) is 0 Å². The second-order valence-electron chi connectivity index (χ2n) is 3.22. The first kappa shape index (κ1) is 8.97. The maximum absolute atomic E-state index is 10.7. The Morgan fingerprint density at radius 3 is 2.75 bits per heavy atom. The normalized spacial score (nSPS) is 10.2. The fourth-order valence-electron chi connectivity index (χ4n) is 1.26. The topological polar surface area (TPSA) is 36.7 Å². The summed E-state index contributed by atoms with van der Waals surface area (Å²) < 4.78 is 1.91. The van der Waals surface area contributed by atoms with Gasteiger partial charge in [-0.3, -0.25) is 0 Å². The van der Waals surface area contributed by atoms with Gasteiger partial charge in [0.1, 0.15) is 5.78 Å². The van der Waals surface area contributed by atoms with E-state index in [1.165, 1.54) is 5.56 Å². The molecular weight excluding hydrogens is 152 g/mol. The summed E-state index contributed by atoms with van der Waals surface area (Å²) in [5, 5.41) is 3.16. The van der Waals surface area contributed by atoms with E-state index in [0.29, 0.717) is 6.42 Å². The summed E-state index contributed by atoms with van der Waals surface area (Å²) in [7, 11) is 1.95. The molecule has 0 fully saturated rings. The lowest BCUT2D eigenvalue weighted by Gasteiger charge is -1.92. The zero-order valence-corrected chi connectivity index (χ0v) is 7.85. The van der Waals surface area contributed by atoms with Crippen LogP contribution in [0.25, 0.3) is 0 Å². The molecule has 3 nitrogen and oxygen atoms in total. The van der Waals surface area contributed by atoms with E-state index in [1.54, 1.807) is 6.92 Å². The van der Waals surface area contributed by atoms with Gasteiger partial charge in [0, 0.05) is 18.4 Å². The third-order valence-corrected chi connectivity index (χ3v) is 1.90. The number of ketones is 1. The molecule has 0 aromatic carbocycles. The standard InChI is InChI=1S/C9H14N2O/c1-7-6-11(3)10-9(7)5-4-8(2)12/h6H,4-5H2,1-3H3/p+1. The number of aryl methyl sites for hydroxylation is 3. The molecule has 0 radical (unpaired) electrons. The number of aromatic nitrogens is 2. The zero-order chi connectivity index (χ0) is 9.14. The second kappa shape index (κ2) is 3.52. The van der Waals surface area contributed by atoms with Gasteiger partial charge in [-0.05, 0) is 13.8 Å². The van der Waals surface area contributed by atoms with Crippen LogP contribution < -0.4 is 4.68 Å². The van der Waals surface area contributed by atoms with Gasteiger partial charge in [-0.2, -0.15) is 5.10 Å². The van der Waals surface area contributed by atoms with Crippen LogP contribution in [-0.4, -0.2) is 10.9 Å². The van der Waals surface area contributed by atoms with Gasteiger partial charge in [0.25, 0.3) is 0 Å². The van der Waals surface area contributed by atoms with Gasteiger partial charge in [-0.15, -0.1) is 4.68 Å². The Kier molecular flexibility index (Phi) is 2.63. The van der Waals surface area contributed by atoms with Gasteiger partial charge in [-0.1, -0.05) is 0 Å². The second-order valence-corrected chi connectivity index (χ2v) is 3.22. The average molecular weight is 167 g/mol. The van der Waals surface area contributed by atoms with Crippen LogP contribution in [0.1, 0.15) is 24.6 Å². The molecule has 0 saturated carbocycles. The van der Waals surface area contributed by atoms with E-state index in [2.05, 4.69) is 5.10 Å². The smallest absolute Gasteiger partial charge is 0.198 e. The third-order valence-electron chi connectivity index (χ3n) is 1.90. The van der Waals surface area contributed by atoms with E-state index >= 15 is 0 Å². The highest BCUT2D eigenvalue weighted by Crippen LogP contribution is 2.03. The molecule has 1 rings (SSSR count). The molecule has 1 aromatic heterocycles. The summed E-state index contributed by atoms with van der Waals surface area (Å²) in [6, 6.07) is 0. The third kappa shape index (κ3) is 2.19. The van der Waals surface area contributed by atoms with Gasteiger partial charge >= 0.3 is 0 Å². The molecule has 0 saturated heterocycles. The van der Waals surface area contributed by atoms with E-state index in [-0.39, 0.29) is 5.78 Å². The number of carbonyl (C=O) groups excluding carboxylic acids is 1. The van der Waals surface area contributed by atoms with Crippen molar-refractivity contribution in [1.82, 2.24) is 5.10 Å². The van der Waals surface area contributed by atoms with Crippen LogP contribution in [0.4, 0.5) is 0 Å². The van der Waals surface area contributed by atoms with Crippen molar-refractivity contribution in [1.29, 1.82) is 0 Å². The van der Waals surface area contributed by atoms with Crippen LogP contribution in [0.2, 0.25) is 0 Å². The molecule has 0 aliphatic heterocycles. The van der Waals surface area contributed by atoms with Crippen molar-refractivity contribution in [3.05, 3.63) is 17.5 Å². The largest absolute Gasteiger partial charge is 0.300 e. The first-order valence-corrected chi connectivity index (χ1v) is 4.13. The van der Waals surface area contributed by atoms with E-state index in [9.17, 15) is 4.79 Å². The lowest BCUT2D eigenvalue weighted by atomic mass is 10.1. The van der Waals surface area contributed by atoms with Gasteiger partial charge in [0.2, 0.25) is 0 Å².